The topological polar surface area (TPSA) is 55.4 Å². The summed E-state index contributed by atoms with van der Waals surface area (Å²) >= 11 is 0. The van der Waals surface area contributed by atoms with Crippen LogP contribution in [0.2, 0.25) is 0 Å². The first-order valence-electron chi connectivity index (χ1n) is 6.81. The van der Waals surface area contributed by atoms with Gasteiger partial charge in [-0.05, 0) is 17.0 Å². The largest absolute Gasteiger partial charge is 0.375 e. The van der Waals surface area contributed by atoms with Gasteiger partial charge in [0.2, 0.25) is 5.91 Å². The Kier molecular flexibility index (Phi) is 3.95. The Bertz CT molecular complexity index is 536. The lowest BCUT2D eigenvalue weighted by Gasteiger charge is -2.29. The molecule has 4 nitrogen and oxygen atoms in total. The van der Waals surface area contributed by atoms with Crippen molar-refractivity contribution in [1.82, 2.24) is 5.32 Å². The Morgan fingerprint density at radius 1 is 1.30 bits per heavy atom. The molecule has 1 aromatic rings. The Labute approximate surface area is 119 Å². The summed E-state index contributed by atoms with van der Waals surface area (Å²) < 4.78 is 4.74. The highest BCUT2D eigenvalue weighted by Crippen LogP contribution is 2.50. The number of amides is 2. The minimum atomic E-state index is -0.392. The summed E-state index contributed by atoms with van der Waals surface area (Å²) in [4.78, 5) is 24.0. The zero-order valence-electron chi connectivity index (χ0n) is 12.4. The van der Waals surface area contributed by atoms with Gasteiger partial charge in [-0.2, -0.15) is 0 Å². The maximum atomic E-state index is 12.4. The summed E-state index contributed by atoms with van der Waals surface area (Å²) in [7, 11) is 1.43. The highest BCUT2D eigenvalue weighted by atomic mass is 16.5. The Balaban J connectivity index is 2.26. The third-order valence-electron chi connectivity index (χ3n) is 4.24. The number of hydrogen-bond acceptors (Lipinski definition) is 3. The van der Waals surface area contributed by atoms with Crippen LogP contribution in [-0.2, 0) is 19.7 Å². The molecule has 1 aliphatic carbocycles. The zero-order chi connectivity index (χ0) is 14.9. The lowest BCUT2D eigenvalue weighted by Crippen LogP contribution is -2.44. The van der Waals surface area contributed by atoms with Crippen molar-refractivity contribution in [3.8, 4) is 0 Å². The summed E-state index contributed by atoms with van der Waals surface area (Å²) in [6, 6.07) is 8.10. The number of methoxy groups -OCH3 is 1. The van der Waals surface area contributed by atoms with Crippen molar-refractivity contribution in [2.24, 2.45) is 5.92 Å². The van der Waals surface area contributed by atoms with E-state index in [2.05, 4.69) is 31.3 Å². The molecule has 0 aliphatic heterocycles. The molecule has 2 rings (SSSR count). The molecule has 4 heteroatoms. The molecule has 2 atom stereocenters. The molecule has 1 N–H and O–H groups in total. The van der Waals surface area contributed by atoms with Gasteiger partial charge in [-0.1, -0.05) is 45.0 Å². The molecule has 0 spiro atoms. The van der Waals surface area contributed by atoms with Crippen molar-refractivity contribution in [2.75, 3.05) is 13.7 Å². The minimum absolute atomic E-state index is 0.0940. The number of rotatable bonds is 3. The van der Waals surface area contributed by atoms with Crippen molar-refractivity contribution in [2.45, 2.75) is 32.1 Å². The van der Waals surface area contributed by atoms with Crippen LogP contribution in [0.1, 0.15) is 37.8 Å². The number of carbonyl (C=O) groups is 2. The molecule has 2 amide bonds. The molecule has 0 saturated heterocycles. The maximum Gasteiger partial charge on any atom is 0.252 e. The van der Waals surface area contributed by atoms with Gasteiger partial charge in [0, 0.05) is 12.5 Å². The van der Waals surface area contributed by atoms with Gasteiger partial charge in [0.05, 0.1) is 5.92 Å². The van der Waals surface area contributed by atoms with E-state index in [9.17, 15) is 9.59 Å². The van der Waals surface area contributed by atoms with Gasteiger partial charge >= 0.3 is 0 Å². The van der Waals surface area contributed by atoms with Crippen molar-refractivity contribution in [1.29, 1.82) is 0 Å². The summed E-state index contributed by atoms with van der Waals surface area (Å²) in [5.41, 5.74) is 2.09. The van der Waals surface area contributed by atoms with Gasteiger partial charge in [-0.25, -0.2) is 0 Å². The SMILES string of the molecule is COCC(=O)NC(=O)C1C(C)c2ccccc2C1(C)C. The predicted octanol–water partition coefficient (Wildman–Crippen LogP) is 1.99. The van der Waals surface area contributed by atoms with Crippen LogP contribution in [0.4, 0.5) is 0 Å². The fourth-order valence-corrected chi connectivity index (χ4v) is 3.39. The summed E-state index contributed by atoms with van der Waals surface area (Å²) in [5, 5.41) is 2.44. The third kappa shape index (κ3) is 2.36. The third-order valence-corrected chi connectivity index (χ3v) is 4.24. The van der Waals surface area contributed by atoms with Gasteiger partial charge in [0.1, 0.15) is 6.61 Å². The van der Waals surface area contributed by atoms with Gasteiger partial charge < -0.3 is 4.74 Å². The van der Waals surface area contributed by atoms with Crippen molar-refractivity contribution >= 4 is 11.8 Å². The molecule has 0 heterocycles. The van der Waals surface area contributed by atoms with Crippen LogP contribution >= 0.6 is 0 Å². The fraction of sp³-hybridized carbons (Fsp3) is 0.500. The lowest BCUT2D eigenvalue weighted by molar-refractivity contribution is -0.135. The zero-order valence-corrected chi connectivity index (χ0v) is 12.4. The molecule has 0 radical (unpaired) electrons. The molecule has 0 saturated carbocycles. The highest BCUT2D eigenvalue weighted by Gasteiger charge is 2.48. The Hall–Kier alpha value is -1.68. The van der Waals surface area contributed by atoms with Crippen molar-refractivity contribution in [3.05, 3.63) is 35.4 Å². The second kappa shape index (κ2) is 5.37. The summed E-state index contributed by atoms with van der Waals surface area (Å²) in [5.74, 6) is -0.769. The van der Waals surface area contributed by atoms with E-state index >= 15 is 0 Å². The summed E-state index contributed by atoms with van der Waals surface area (Å²) in [6.45, 7) is 6.06. The number of carbonyl (C=O) groups excluding carboxylic acids is 2. The van der Waals surface area contributed by atoms with E-state index in [0.29, 0.717) is 0 Å². The second-order valence-corrected chi connectivity index (χ2v) is 5.92. The van der Waals surface area contributed by atoms with Crippen LogP contribution in [0.3, 0.4) is 0 Å². The van der Waals surface area contributed by atoms with E-state index in [1.807, 2.05) is 19.1 Å². The van der Waals surface area contributed by atoms with Crippen LogP contribution in [0, 0.1) is 5.92 Å². The molecule has 20 heavy (non-hydrogen) atoms. The molecule has 2 unspecified atom stereocenters. The monoisotopic (exact) mass is 275 g/mol. The Morgan fingerprint density at radius 3 is 2.55 bits per heavy atom. The molecular weight excluding hydrogens is 254 g/mol. The van der Waals surface area contributed by atoms with E-state index in [0.717, 1.165) is 0 Å². The van der Waals surface area contributed by atoms with Gasteiger partial charge in [0.25, 0.3) is 5.91 Å². The number of ether oxygens (including phenoxy) is 1. The molecule has 1 aromatic carbocycles. The average molecular weight is 275 g/mol. The van der Waals surface area contributed by atoms with Crippen LogP contribution < -0.4 is 5.32 Å². The smallest absolute Gasteiger partial charge is 0.252 e. The van der Waals surface area contributed by atoms with Crippen LogP contribution in [0.15, 0.2) is 24.3 Å². The van der Waals surface area contributed by atoms with E-state index < -0.39 is 5.91 Å². The first kappa shape index (κ1) is 14.7. The molecule has 0 fully saturated rings. The number of benzene rings is 1. The van der Waals surface area contributed by atoms with Gasteiger partial charge in [-0.3, -0.25) is 14.9 Å². The molecule has 0 bridgehead atoms. The first-order valence-corrected chi connectivity index (χ1v) is 6.81. The van der Waals surface area contributed by atoms with E-state index in [1.165, 1.54) is 18.2 Å². The van der Waals surface area contributed by atoms with Crippen LogP contribution in [0.5, 0.6) is 0 Å². The van der Waals surface area contributed by atoms with Crippen molar-refractivity contribution < 1.29 is 14.3 Å². The molecular formula is C16H21NO3. The van der Waals surface area contributed by atoms with E-state index in [4.69, 9.17) is 4.74 Å². The highest BCUT2D eigenvalue weighted by molar-refractivity contribution is 5.98. The van der Waals surface area contributed by atoms with E-state index in [1.54, 1.807) is 0 Å². The second-order valence-electron chi connectivity index (χ2n) is 5.92. The normalized spacial score (nSPS) is 23.2. The fourth-order valence-electron chi connectivity index (χ4n) is 3.39. The minimum Gasteiger partial charge on any atom is -0.375 e. The Morgan fingerprint density at radius 2 is 1.95 bits per heavy atom. The average Bonchev–Trinajstić information content (AvgIpc) is 2.58. The van der Waals surface area contributed by atoms with Crippen molar-refractivity contribution in [3.63, 3.8) is 0 Å². The maximum absolute atomic E-state index is 12.4. The standard InChI is InChI=1S/C16H21NO3/c1-10-11-7-5-6-8-12(11)16(2,3)14(10)15(19)17-13(18)9-20-4/h5-8,10,14H,9H2,1-4H3,(H,17,18,19). The number of fused-ring (bicyclic) bond motifs is 1. The van der Waals surface area contributed by atoms with Gasteiger partial charge in [-0.15, -0.1) is 0 Å². The summed E-state index contributed by atoms with van der Waals surface area (Å²) in [6.07, 6.45) is 0. The van der Waals surface area contributed by atoms with Gasteiger partial charge in [0.15, 0.2) is 0 Å². The molecule has 1 aliphatic rings. The molecule has 108 valence electrons. The van der Waals surface area contributed by atoms with E-state index in [-0.39, 0.29) is 29.8 Å². The quantitative estimate of drug-likeness (QED) is 0.917. The number of hydrogen-bond donors (Lipinski definition) is 1. The lowest BCUT2D eigenvalue weighted by atomic mass is 9.75. The van der Waals surface area contributed by atoms with Crippen LogP contribution in [0.25, 0.3) is 0 Å². The number of nitrogens with one attached hydrogen (secondary N) is 1. The molecule has 0 aromatic heterocycles. The number of imide groups is 1. The van der Waals surface area contributed by atoms with Crippen LogP contribution in [-0.4, -0.2) is 25.5 Å². The predicted molar refractivity (Wildman–Crippen MR) is 76.4 cm³/mol. The first-order chi connectivity index (χ1) is 9.39.